The first-order chi connectivity index (χ1) is 7.92. The van der Waals surface area contributed by atoms with Crippen molar-refractivity contribution in [1.29, 1.82) is 0 Å². The van der Waals surface area contributed by atoms with Crippen molar-refractivity contribution in [3.05, 3.63) is 29.5 Å². The molecule has 16 heavy (non-hydrogen) atoms. The molecule has 2 heterocycles. The highest BCUT2D eigenvalue weighted by Crippen LogP contribution is 2.23. The minimum absolute atomic E-state index is 0.713. The molecule has 0 saturated heterocycles. The van der Waals surface area contributed by atoms with Crippen LogP contribution in [0.25, 0.3) is 10.8 Å². The van der Waals surface area contributed by atoms with Crippen LogP contribution in [0.2, 0.25) is 0 Å². The van der Waals surface area contributed by atoms with E-state index in [1.54, 1.807) is 23.7 Å². The van der Waals surface area contributed by atoms with E-state index in [0.29, 0.717) is 5.82 Å². The summed E-state index contributed by atoms with van der Waals surface area (Å²) in [6.07, 6.45) is 8.02. The number of hydrogen-bond acceptors (Lipinski definition) is 5. The molecule has 1 aliphatic rings. The molecular weight excluding hydrogens is 220 g/mol. The Hall–Kier alpha value is -1.33. The normalized spacial score (nSPS) is 15.2. The molecule has 0 radical (unpaired) electrons. The SMILES string of the molecule is c1cnc(-c2ncc(CNC3CC3)s2)nc1. The van der Waals surface area contributed by atoms with Gasteiger partial charge in [0.25, 0.3) is 0 Å². The summed E-state index contributed by atoms with van der Waals surface area (Å²) in [6.45, 7) is 0.912. The molecule has 4 nitrogen and oxygen atoms in total. The van der Waals surface area contributed by atoms with Gasteiger partial charge in [-0.3, -0.25) is 0 Å². The van der Waals surface area contributed by atoms with Crippen LogP contribution < -0.4 is 5.32 Å². The molecule has 1 aliphatic carbocycles. The van der Waals surface area contributed by atoms with Crippen molar-refractivity contribution < 1.29 is 0 Å². The van der Waals surface area contributed by atoms with Gasteiger partial charge in [0, 0.05) is 36.1 Å². The van der Waals surface area contributed by atoms with E-state index in [1.807, 2.05) is 12.3 Å². The number of nitrogens with zero attached hydrogens (tertiary/aromatic N) is 3. The lowest BCUT2D eigenvalue weighted by molar-refractivity contribution is 0.694. The van der Waals surface area contributed by atoms with Crippen molar-refractivity contribution in [1.82, 2.24) is 20.3 Å². The van der Waals surface area contributed by atoms with Crippen molar-refractivity contribution in [2.75, 3.05) is 0 Å². The third-order valence-corrected chi connectivity index (χ3v) is 3.45. The van der Waals surface area contributed by atoms with Crippen LogP contribution in [-0.4, -0.2) is 21.0 Å². The maximum atomic E-state index is 4.34. The molecule has 0 aromatic carbocycles. The Bertz CT molecular complexity index is 464. The molecule has 0 spiro atoms. The molecule has 1 N–H and O–H groups in total. The van der Waals surface area contributed by atoms with Gasteiger partial charge in [-0.25, -0.2) is 15.0 Å². The number of rotatable bonds is 4. The number of aromatic nitrogens is 3. The fourth-order valence-corrected chi connectivity index (χ4v) is 2.25. The largest absolute Gasteiger partial charge is 0.309 e. The Morgan fingerprint density at radius 3 is 2.81 bits per heavy atom. The number of thiazole rings is 1. The lowest BCUT2D eigenvalue weighted by atomic mass is 10.5. The summed E-state index contributed by atoms with van der Waals surface area (Å²) in [4.78, 5) is 14.0. The Balaban J connectivity index is 1.71. The molecule has 5 heteroatoms. The molecule has 3 rings (SSSR count). The summed E-state index contributed by atoms with van der Waals surface area (Å²) < 4.78 is 0. The Kier molecular flexibility index (Phi) is 2.63. The topological polar surface area (TPSA) is 50.7 Å². The predicted octanol–water partition coefficient (Wildman–Crippen LogP) is 1.85. The minimum Gasteiger partial charge on any atom is -0.309 e. The zero-order valence-corrected chi connectivity index (χ0v) is 9.57. The maximum Gasteiger partial charge on any atom is 0.188 e. The first kappa shape index (κ1) is 9.86. The summed E-state index contributed by atoms with van der Waals surface area (Å²) in [7, 11) is 0. The first-order valence-corrected chi connectivity index (χ1v) is 6.19. The van der Waals surface area contributed by atoms with E-state index in [-0.39, 0.29) is 0 Å². The number of hydrogen-bond donors (Lipinski definition) is 1. The fraction of sp³-hybridized carbons (Fsp3) is 0.364. The van der Waals surface area contributed by atoms with Crippen molar-refractivity contribution in [3.8, 4) is 10.8 Å². The van der Waals surface area contributed by atoms with Crippen LogP contribution in [-0.2, 0) is 6.54 Å². The van der Waals surface area contributed by atoms with Crippen LogP contribution in [0.15, 0.2) is 24.7 Å². The molecule has 1 saturated carbocycles. The van der Waals surface area contributed by atoms with Crippen molar-refractivity contribution in [3.63, 3.8) is 0 Å². The second kappa shape index (κ2) is 4.27. The van der Waals surface area contributed by atoms with Gasteiger partial charge in [0.15, 0.2) is 10.8 Å². The highest BCUT2D eigenvalue weighted by Gasteiger charge is 2.20. The van der Waals surface area contributed by atoms with E-state index in [4.69, 9.17) is 0 Å². The zero-order valence-electron chi connectivity index (χ0n) is 8.76. The average Bonchev–Trinajstić information content (AvgIpc) is 3.05. The van der Waals surface area contributed by atoms with Gasteiger partial charge in [0.2, 0.25) is 0 Å². The van der Waals surface area contributed by atoms with Gasteiger partial charge in [0.1, 0.15) is 0 Å². The maximum absolute atomic E-state index is 4.34. The van der Waals surface area contributed by atoms with Crippen molar-refractivity contribution in [2.24, 2.45) is 0 Å². The van der Waals surface area contributed by atoms with E-state index < -0.39 is 0 Å². The van der Waals surface area contributed by atoms with E-state index in [1.165, 1.54) is 17.7 Å². The summed E-state index contributed by atoms with van der Waals surface area (Å²) in [5, 5.41) is 4.36. The van der Waals surface area contributed by atoms with Crippen LogP contribution in [0.4, 0.5) is 0 Å². The summed E-state index contributed by atoms with van der Waals surface area (Å²) in [6, 6.07) is 2.55. The highest BCUT2D eigenvalue weighted by molar-refractivity contribution is 7.14. The number of nitrogens with one attached hydrogen (secondary N) is 1. The summed E-state index contributed by atoms with van der Waals surface area (Å²) in [5.41, 5.74) is 0. The molecule has 1 fully saturated rings. The van der Waals surface area contributed by atoms with Gasteiger partial charge in [-0.15, -0.1) is 11.3 Å². The third-order valence-electron chi connectivity index (χ3n) is 2.45. The van der Waals surface area contributed by atoms with Crippen molar-refractivity contribution in [2.45, 2.75) is 25.4 Å². The van der Waals surface area contributed by atoms with Crippen LogP contribution in [0.3, 0.4) is 0 Å². The van der Waals surface area contributed by atoms with Gasteiger partial charge in [-0.1, -0.05) is 0 Å². The molecule has 0 aliphatic heterocycles. The molecular formula is C11H12N4S. The van der Waals surface area contributed by atoms with Crippen molar-refractivity contribution >= 4 is 11.3 Å². The third kappa shape index (κ3) is 2.25. The molecule has 0 bridgehead atoms. The molecule has 0 atom stereocenters. The lowest BCUT2D eigenvalue weighted by Crippen LogP contribution is -2.14. The molecule has 0 amide bonds. The van der Waals surface area contributed by atoms with Gasteiger partial charge in [-0.05, 0) is 18.9 Å². The van der Waals surface area contributed by atoms with Crippen LogP contribution in [0, 0.1) is 0 Å². The monoisotopic (exact) mass is 232 g/mol. The first-order valence-electron chi connectivity index (χ1n) is 5.37. The summed E-state index contributed by atoms with van der Waals surface area (Å²) in [5.74, 6) is 0.713. The molecule has 82 valence electrons. The van der Waals surface area contributed by atoms with Gasteiger partial charge < -0.3 is 5.32 Å². The standard InChI is InChI=1S/C11H12N4S/c1-4-12-10(13-5-1)11-15-7-9(16-11)6-14-8-2-3-8/h1,4-5,7-8,14H,2-3,6H2. The van der Waals surface area contributed by atoms with E-state index in [2.05, 4.69) is 20.3 Å². The quantitative estimate of drug-likeness (QED) is 0.874. The highest BCUT2D eigenvalue weighted by atomic mass is 32.1. The summed E-state index contributed by atoms with van der Waals surface area (Å²) >= 11 is 1.66. The molecule has 2 aromatic rings. The molecule has 0 unspecified atom stereocenters. The smallest absolute Gasteiger partial charge is 0.188 e. The van der Waals surface area contributed by atoms with E-state index in [0.717, 1.165) is 17.6 Å². The average molecular weight is 232 g/mol. The molecule has 2 aromatic heterocycles. The lowest BCUT2D eigenvalue weighted by Gasteiger charge is -1.97. The Morgan fingerprint density at radius 1 is 1.25 bits per heavy atom. The van der Waals surface area contributed by atoms with Gasteiger partial charge >= 0.3 is 0 Å². The van der Waals surface area contributed by atoms with Crippen LogP contribution in [0.1, 0.15) is 17.7 Å². The second-order valence-corrected chi connectivity index (χ2v) is 4.97. The van der Waals surface area contributed by atoms with E-state index in [9.17, 15) is 0 Å². The van der Waals surface area contributed by atoms with Crippen LogP contribution >= 0.6 is 11.3 Å². The van der Waals surface area contributed by atoms with E-state index >= 15 is 0 Å². The predicted molar refractivity (Wildman–Crippen MR) is 63.0 cm³/mol. The Morgan fingerprint density at radius 2 is 2.06 bits per heavy atom. The minimum atomic E-state index is 0.713. The Labute approximate surface area is 97.8 Å². The fourth-order valence-electron chi connectivity index (χ4n) is 1.43. The second-order valence-electron chi connectivity index (χ2n) is 3.86. The van der Waals surface area contributed by atoms with Crippen LogP contribution in [0.5, 0.6) is 0 Å². The van der Waals surface area contributed by atoms with Gasteiger partial charge in [-0.2, -0.15) is 0 Å². The zero-order chi connectivity index (χ0) is 10.8. The van der Waals surface area contributed by atoms with Gasteiger partial charge in [0.05, 0.1) is 0 Å².